The van der Waals surface area contributed by atoms with Gasteiger partial charge in [-0.25, -0.2) is 4.98 Å². The Morgan fingerprint density at radius 3 is 2.85 bits per heavy atom. The molecule has 0 atom stereocenters. The zero-order chi connectivity index (χ0) is 18.8. The Kier molecular flexibility index (Phi) is 4.45. The predicted octanol–water partition coefficient (Wildman–Crippen LogP) is 1.20. The van der Waals surface area contributed by atoms with E-state index in [0.29, 0.717) is 37.4 Å². The van der Waals surface area contributed by atoms with E-state index in [4.69, 9.17) is 0 Å². The van der Waals surface area contributed by atoms with E-state index in [1.54, 1.807) is 40.1 Å². The van der Waals surface area contributed by atoms with E-state index < -0.39 is 0 Å². The molecule has 0 aromatic carbocycles. The average molecular weight is 364 g/mol. The lowest BCUT2D eigenvalue weighted by molar-refractivity contribution is 0.0707. The topological polar surface area (TPSA) is 85.0 Å². The van der Waals surface area contributed by atoms with Gasteiger partial charge in [-0.1, -0.05) is 0 Å². The van der Waals surface area contributed by atoms with Crippen LogP contribution in [0.1, 0.15) is 32.4 Å². The monoisotopic (exact) mass is 364 g/mol. The molecule has 4 rings (SSSR count). The van der Waals surface area contributed by atoms with Crippen LogP contribution in [0.2, 0.25) is 0 Å². The number of aromatic nitrogens is 4. The summed E-state index contributed by atoms with van der Waals surface area (Å²) < 4.78 is 3.81. The van der Waals surface area contributed by atoms with Gasteiger partial charge in [0.2, 0.25) is 0 Å². The summed E-state index contributed by atoms with van der Waals surface area (Å²) in [7, 11) is 1.83. The second kappa shape index (κ2) is 7.06. The largest absolute Gasteiger partial charge is 0.347 e. The van der Waals surface area contributed by atoms with Crippen molar-refractivity contribution in [1.29, 1.82) is 0 Å². The first-order valence-corrected chi connectivity index (χ1v) is 8.75. The lowest BCUT2D eigenvalue weighted by atomic mass is 10.2. The van der Waals surface area contributed by atoms with Gasteiger partial charge >= 0.3 is 0 Å². The molecular formula is C19H20N6O2. The number of imidazole rings is 1. The van der Waals surface area contributed by atoms with Crippen molar-refractivity contribution >= 4 is 11.8 Å². The van der Waals surface area contributed by atoms with Crippen LogP contribution in [-0.4, -0.2) is 42.4 Å². The number of rotatable bonds is 4. The number of nitrogens with one attached hydrogen (secondary N) is 1. The smallest absolute Gasteiger partial charge is 0.268 e. The highest BCUT2D eigenvalue weighted by Gasteiger charge is 2.23. The maximum Gasteiger partial charge on any atom is 0.268 e. The third-order valence-corrected chi connectivity index (χ3v) is 4.65. The van der Waals surface area contributed by atoms with Crippen LogP contribution in [0.25, 0.3) is 0 Å². The summed E-state index contributed by atoms with van der Waals surface area (Å²) in [5, 5.41) is 2.89. The molecule has 8 nitrogen and oxygen atoms in total. The van der Waals surface area contributed by atoms with E-state index in [-0.39, 0.29) is 11.8 Å². The highest BCUT2D eigenvalue weighted by Crippen LogP contribution is 2.15. The molecule has 27 heavy (non-hydrogen) atoms. The Balaban J connectivity index is 1.41. The standard InChI is InChI=1S/C19H20N6O2/c1-23-7-3-5-16(23)18(26)21-11-15-12-24-8-9-25(13-17(24)22-15)19(27)14-4-2-6-20-10-14/h2-7,10,12H,8-9,11,13H2,1H3,(H,21,26). The van der Waals surface area contributed by atoms with Crippen molar-refractivity contribution in [3.8, 4) is 0 Å². The summed E-state index contributed by atoms with van der Waals surface area (Å²) in [6.07, 6.45) is 6.99. The van der Waals surface area contributed by atoms with E-state index in [2.05, 4.69) is 15.3 Å². The molecule has 0 fully saturated rings. The minimum absolute atomic E-state index is 0.0455. The summed E-state index contributed by atoms with van der Waals surface area (Å²) in [5.41, 5.74) is 1.96. The molecule has 1 aliphatic heterocycles. The average Bonchev–Trinajstić information content (AvgIpc) is 3.31. The molecule has 0 spiro atoms. The van der Waals surface area contributed by atoms with Gasteiger partial charge in [0, 0.05) is 44.9 Å². The summed E-state index contributed by atoms with van der Waals surface area (Å²) in [6.45, 7) is 2.09. The number of hydrogen-bond acceptors (Lipinski definition) is 4. The van der Waals surface area contributed by atoms with Gasteiger partial charge in [-0.2, -0.15) is 0 Å². The highest BCUT2D eigenvalue weighted by molar-refractivity contribution is 5.94. The quantitative estimate of drug-likeness (QED) is 0.754. The number of hydrogen-bond donors (Lipinski definition) is 1. The molecule has 0 saturated heterocycles. The first-order chi connectivity index (χ1) is 13.1. The molecule has 1 aliphatic rings. The van der Waals surface area contributed by atoms with Gasteiger partial charge < -0.3 is 19.4 Å². The van der Waals surface area contributed by atoms with Crippen molar-refractivity contribution in [3.05, 3.63) is 71.8 Å². The minimum Gasteiger partial charge on any atom is -0.347 e. The molecule has 0 saturated carbocycles. The zero-order valence-corrected chi connectivity index (χ0v) is 15.0. The van der Waals surface area contributed by atoms with Crippen molar-refractivity contribution in [2.45, 2.75) is 19.6 Å². The normalized spacial score (nSPS) is 13.3. The zero-order valence-electron chi connectivity index (χ0n) is 15.0. The van der Waals surface area contributed by atoms with Crippen molar-refractivity contribution in [3.63, 3.8) is 0 Å². The Morgan fingerprint density at radius 1 is 1.22 bits per heavy atom. The molecule has 0 radical (unpaired) electrons. The Bertz CT molecular complexity index is 975. The van der Waals surface area contributed by atoms with Crippen LogP contribution < -0.4 is 5.32 Å². The van der Waals surface area contributed by atoms with E-state index in [0.717, 1.165) is 11.5 Å². The van der Waals surface area contributed by atoms with Crippen LogP contribution >= 0.6 is 0 Å². The fourth-order valence-electron chi connectivity index (χ4n) is 3.20. The van der Waals surface area contributed by atoms with Gasteiger partial charge in [0.05, 0.1) is 24.3 Å². The third-order valence-electron chi connectivity index (χ3n) is 4.65. The number of pyridine rings is 1. The lowest BCUT2D eigenvalue weighted by Gasteiger charge is -2.27. The number of aryl methyl sites for hydroxylation is 1. The SMILES string of the molecule is Cn1cccc1C(=O)NCc1cn2c(n1)CN(C(=O)c1cccnc1)CC2. The van der Waals surface area contributed by atoms with Crippen LogP contribution in [0.4, 0.5) is 0 Å². The fourth-order valence-corrected chi connectivity index (χ4v) is 3.20. The number of fused-ring (bicyclic) bond motifs is 1. The number of amides is 2. The molecule has 0 bridgehead atoms. The predicted molar refractivity (Wildman–Crippen MR) is 97.8 cm³/mol. The number of carbonyl (C=O) groups excluding carboxylic acids is 2. The maximum atomic E-state index is 12.6. The summed E-state index contributed by atoms with van der Waals surface area (Å²) in [5.74, 6) is 0.638. The lowest BCUT2D eigenvalue weighted by Crippen LogP contribution is -2.38. The van der Waals surface area contributed by atoms with Crippen LogP contribution in [0, 0.1) is 0 Å². The van der Waals surface area contributed by atoms with Gasteiger partial charge in [0.25, 0.3) is 11.8 Å². The summed E-state index contributed by atoms with van der Waals surface area (Å²) in [6, 6.07) is 7.13. The number of nitrogens with zero attached hydrogens (tertiary/aromatic N) is 5. The Labute approximate surface area is 156 Å². The first-order valence-electron chi connectivity index (χ1n) is 8.75. The molecule has 0 unspecified atom stereocenters. The molecular weight excluding hydrogens is 344 g/mol. The van der Waals surface area contributed by atoms with E-state index >= 15 is 0 Å². The fraction of sp³-hybridized carbons (Fsp3) is 0.263. The molecule has 3 aromatic heterocycles. The first kappa shape index (κ1) is 17.0. The third kappa shape index (κ3) is 3.46. The van der Waals surface area contributed by atoms with Crippen molar-refractivity contribution in [1.82, 2.24) is 29.3 Å². The second-order valence-electron chi connectivity index (χ2n) is 6.50. The Hall–Kier alpha value is -3.42. The van der Waals surface area contributed by atoms with Crippen molar-refractivity contribution in [2.24, 2.45) is 7.05 Å². The highest BCUT2D eigenvalue weighted by atomic mass is 16.2. The van der Waals surface area contributed by atoms with Crippen molar-refractivity contribution in [2.75, 3.05) is 6.54 Å². The number of carbonyl (C=O) groups is 2. The molecule has 3 aromatic rings. The van der Waals surface area contributed by atoms with Gasteiger partial charge in [-0.3, -0.25) is 14.6 Å². The van der Waals surface area contributed by atoms with Crippen LogP contribution in [0.15, 0.2) is 49.1 Å². The Morgan fingerprint density at radius 2 is 2.11 bits per heavy atom. The van der Waals surface area contributed by atoms with Crippen LogP contribution in [0.3, 0.4) is 0 Å². The molecule has 0 aliphatic carbocycles. The second-order valence-corrected chi connectivity index (χ2v) is 6.50. The molecule has 4 heterocycles. The van der Waals surface area contributed by atoms with Gasteiger partial charge in [0.1, 0.15) is 11.5 Å². The molecule has 1 N–H and O–H groups in total. The van der Waals surface area contributed by atoms with E-state index in [1.807, 2.05) is 30.1 Å². The van der Waals surface area contributed by atoms with Gasteiger partial charge in [0.15, 0.2) is 0 Å². The van der Waals surface area contributed by atoms with Gasteiger partial charge in [-0.05, 0) is 24.3 Å². The molecule has 138 valence electrons. The van der Waals surface area contributed by atoms with Crippen molar-refractivity contribution < 1.29 is 9.59 Å². The molecule has 8 heteroatoms. The van der Waals surface area contributed by atoms with E-state index in [9.17, 15) is 9.59 Å². The molecule has 2 amide bonds. The van der Waals surface area contributed by atoms with Crippen LogP contribution in [0.5, 0.6) is 0 Å². The maximum absolute atomic E-state index is 12.6. The van der Waals surface area contributed by atoms with E-state index in [1.165, 1.54) is 0 Å². The minimum atomic E-state index is -0.137. The summed E-state index contributed by atoms with van der Waals surface area (Å²) >= 11 is 0. The van der Waals surface area contributed by atoms with Gasteiger partial charge in [-0.15, -0.1) is 0 Å². The van der Waals surface area contributed by atoms with Crippen LogP contribution in [-0.2, 0) is 26.7 Å². The summed E-state index contributed by atoms with van der Waals surface area (Å²) in [4.78, 5) is 35.2.